The van der Waals surface area contributed by atoms with Gasteiger partial charge in [-0.2, -0.15) is 13.2 Å². The number of aromatic nitrogens is 1. The number of halogens is 3. The van der Waals surface area contributed by atoms with Crippen LogP contribution in [0.2, 0.25) is 0 Å². The number of nitrogens with two attached hydrogens (primary N) is 1. The Morgan fingerprint density at radius 2 is 2.00 bits per heavy atom. The Morgan fingerprint density at radius 3 is 2.61 bits per heavy atom. The second kappa shape index (κ2) is 8.18. The molecule has 0 aliphatic carbocycles. The van der Waals surface area contributed by atoms with Crippen LogP contribution in [0, 0.1) is 12.8 Å². The Balaban J connectivity index is 1.80. The number of phenols is 1. The molecule has 28 heavy (non-hydrogen) atoms. The summed E-state index contributed by atoms with van der Waals surface area (Å²) in [5.74, 6) is 0.206. The van der Waals surface area contributed by atoms with E-state index in [1.54, 1.807) is 18.3 Å². The average molecular weight is 393 g/mol. The molecule has 0 atom stereocenters. The van der Waals surface area contributed by atoms with Crippen molar-refractivity contribution in [1.29, 1.82) is 0 Å². The molecular weight excluding hydrogens is 371 g/mol. The van der Waals surface area contributed by atoms with Gasteiger partial charge in [0.25, 0.3) is 0 Å². The number of anilines is 1. The van der Waals surface area contributed by atoms with Crippen LogP contribution in [-0.4, -0.2) is 36.1 Å². The smallest absolute Gasteiger partial charge is 0.416 e. The first-order chi connectivity index (χ1) is 13.3. The van der Waals surface area contributed by atoms with Crippen LogP contribution in [0.25, 0.3) is 11.3 Å². The van der Waals surface area contributed by atoms with Crippen LogP contribution in [0.5, 0.6) is 5.75 Å². The zero-order chi connectivity index (χ0) is 20.3. The highest BCUT2D eigenvalue weighted by Crippen LogP contribution is 2.38. The fourth-order valence-electron chi connectivity index (χ4n) is 3.23. The van der Waals surface area contributed by atoms with E-state index in [0.717, 1.165) is 32.1 Å². The average Bonchev–Trinajstić information content (AvgIpc) is 2.63. The predicted octanol–water partition coefficient (Wildman–Crippen LogP) is 4.21. The monoisotopic (exact) mass is 393 g/mol. The van der Waals surface area contributed by atoms with Gasteiger partial charge in [-0.1, -0.05) is 0 Å². The molecule has 3 N–H and O–H groups in total. The van der Waals surface area contributed by atoms with E-state index in [1.165, 1.54) is 6.92 Å². The number of alkyl halides is 3. The van der Waals surface area contributed by atoms with E-state index in [1.807, 2.05) is 0 Å². The number of aromatic hydroxyl groups is 1. The van der Waals surface area contributed by atoms with Crippen molar-refractivity contribution in [1.82, 2.24) is 4.98 Å². The number of nitrogen functional groups attached to an aromatic ring is 1. The Hall–Kier alpha value is -2.61. The van der Waals surface area contributed by atoms with Gasteiger partial charge in [-0.3, -0.25) is 4.99 Å². The molecule has 1 fully saturated rings. The maximum absolute atomic E-state index is 12.9. The minimum absolute atomic E-state index is 0.201. The fourth-order valence-corrected chi connectivity index (χ4v) is 3.23. The molecule has 0 unspecified atom stereocenters. The molecular formula is C20H22F3N3O2. The maximum Gasteiger partial charge on any atom is 0.416 e. The molecule has 0 saturated carbocycles. The van der Waals surface area contributed by atoms with Crippen molar-refractivity contribution in [3.8, 4) is 17.0 Å². The molecule has 2 heterocycles. The normalized spacial score (nSPS) is 16.0. The van der Waals surface area contributed by atoms with Gasteiger partial charge in [-0.15, -0.1) is 0 Å². The van der Waals surface area contributed by atoms with E-state index < -0.39 is 17.5 Å². The molecule has 1 saturated heterocycles. The summed E-state index contributed by atoms with van der Waals surface area (Å²) in [5, 5.41) is 10.1. The van der Waals surface area contributed by atoms with Crippen LogP contribution in [-0.2, 0) is 10.9 Å². The molecule has 1 aromatic carbocycles. The molecule has 1 aliphatic rings. The van der Waals surface area contributed by atoms with E-state index in [2.05, 4.69) is 9.98 Å². The van der Waals surface area contributed by atoms with E-state index in [9.17, 15) is 18.3 Å². The Morgan fingerprint density at radius 1 is 1.29 bits per heavy atom. The number of benzene rings is 1. The lowest BCUT2D eigenvalue weighted by atomic mass is 10.00. The first-order valence-corrected chi connectivity index (χ1v) is 9.01. The van der Waals surface area contributed by atoms with Crippen molar-refractivity contribution in [2.75, 3.05) is 25.5 Å². The molecule has 0 spiro atoms. The van der Waals surface area contributed by atoms with Crippen molar-refractivity contribution in [3.63, 3.8) is 0 Å². The van der Waals surface area contributed by atoms with E-state index in [-0.39, 0.29) is 16.9 Å². The number of nitrogens with zero attached hydrogens (tertiary/aromatic N) is 2. The summed E-state index contributed by atoms with van der Waals surface area (Å²) in [6.45, 7) is 3.69. The number of ether oxygens (including phenoxy) is 1. The van der Waals surface area contributed by atoms with Gasteiger partial charge in [0.1, 0.15) is 11.6 Å². The maximum atomic E-state index is 12.9. The Kier molecular flexibility index (Phi) is 5.88. The Bertz CT molecular complexity index is 852. The van der Waals surface area contributed by atoms with Crippen LogP contribution < -0.4 is 5.73 Å². The van der Waals surface area contributed by atoms with E-state index in [4.69, 9.17) is 10.5 Å². The zero-order valence-corrected chi connectivity index (χ0v) is 15.5. The van der Waals surface area contributed by atoms with Gasteiger partial charge in [0, 0.05) is 37.1 Å². The van der Waals surface area contributed by atoms with E-state index in [0.29, 0.717) is 29.8 Å². The number of rotatable bonds is 4. The minimum Gasteiger partial charge on any atom is -0.507 e. The van der Waals surface area contributed by atoms with Gasteiger partial charge >= 0.3 is 6.18 Å². The molecule has 0 radical (unpaired) electrons. The molecule has 2 aromatic rings. The van der Waals surface area contributed by atoms with Crippen LogP contribution in [0.4, 0.5) is 19.0 Å². The fraction of sp³-hybridized carbons (Fsp3) is 0.400. The third-order valence-corrected chi connectivity index (χ3v) is 4.79. The third kappa shape index (κ3) is 4.62. The largest absolute Gasteiger partial charge is 0.507 e. The number of aliphatic imine (C=N–C) groups is 1. The van der Waals surface area contributed by atoms with Crippen molar-refractivity contribution < 1.29 is 23.0 Å². The molecule has 0 bridgehead atoms. The summed E-state index contributed by atoms with van der Waals surface area (Å²) < 4.78 is 44.0. The van der Waals surface area contributed by atoms with Crippen molar-refractivity contribution in [2.24, 2.45) is 10.9 Å². The van der Waals surface area contributed by atoms with Crippen LogP contribution >= 0.6 is 0 Å². The van der Waals surface area contributed by atoms with E-state index >= 15 is 0 Å². The number of aryl methyl sites for hydroxylation is 1. The van der Waals surface area contributed by atoms with Gasteiger partial charge in [-0.25, -0.2) is 4.98 Å². The van der Waals surface area contributed by atoms with Crippen LogP contribution in [0.15, 0.2) is 29.3 Å². The number of phenolic OH excluding ortho intramolecular Hbond substituents is 1. The summed E-state index contributed by atoms with van der Waals surface area (Å²) in [4.78, 5) is 8.67. The number of hydrogen-bond donors (Lipinski definition) is 2. The highest BCUT2D eigenvalue weighted by Gasteiger charge is 2.32. The molecule has 3 rings (SSSR count). The first-order valence-electron chi connectivity index (χ1n) is 9.01. The second-order valence-electron chi connectivity index (χ2n) is 6.91. The highest BCUT2D eigenvalue weighted by atomic mass is 19.4. The molecule has 8 heteroatoms. The zero-order valence-electron chi connectivity index (χ0n) is 15.5. The van der Waals surface area contributed by atoms with Crippen LogP contribution in [0.1, 0.15) is 29.5 Å². The third-order valence-electron chi connectivity index (χ3n) is 4.79. The minimum atomic E-state index is -4.53. The van der Waals surface area contributed by atoms with Gasteiger partial charge in [0.05, 0.1) is 11.3 Å². The van der Waals surface area contributed by atoms with Gasteiger partial charge in [0.15, 0.2) is 0 Å². The van der Waals surface area contributed by atoms with Crippen LogP contribution in [0.3, 0.4) is 0 Å². The standard InChI is InChI=1S/C20H22F3N3O2/c1-12-8-15(20(21,22)23)9-17(27)18(12)16-3-2-14(19(24)26-16)11-25-10-13-4-6-28-7-5-13/h2-3,8-9,11,13,27H,4-7,10H2,1H3,(H2,24,26). The second-order valence-corrected chi connectivity index (χ2v) is 6.91. The predicted molar refractivity (Wildman–Crippen MR) is 101 cm³/mol. The SMILES string of the molecule is Cc1cc(C(F)(F)F)cc(O)c1-c1ccc(C=NCC2CCOCC2)c(N)n1. The number of pyridine rings is 1. The lowest BCUT2D eigenvalue weighted by molar-refractivity contribution is -0.137. The summed E-state index contributed by atoms with van der Waals surface area (Å²) in [6, 6.07) is 4.99. The summed E-state index contributed by atoms with van der Waals surface area (Å²) in [5.41, 5.74) is 6.51. The van der Waals surface area contributed by atoms with Gasteiger partial charge in [0.2, 0.25) is 0 Å². The molecule has 0 amide bonds. The quantitative estimate of drug-likeness (QED) is 0.763. The summed E-state index contributed by atoms with van der Waals surface area (Å²) in [6.07, 6.45) is -0.911. The highest BCUT2D eigenvalue weighted by molar-refractivity contribution is 5.87. The first kappa shape index (κ1) is 20.1. The lowest BCUT2D eigenvalue weighted by Crippen LogP contribution is -2.17. The van der Waals surface area contributed by atoms with Crippen molar-refractivity contribution in [3.05, 3.63) is 41.0 Å². The summed E-state index contributed by atoms with van der Waals surface area (Å²) in [7, 11) is 0. The van der Waals surface area contributed by atoms with Gasteiger partial charge in [-0.05, 0) is 55.5 Å². The van der Waals surface area contributed by atoms with Gasteiger partial charge < -0.3 is 15.6 Å². The topological polar surface area (TPSA) is 80.7 Å². The number of hydrogen-bond acceptors (Lipinski definition) is 5. The van der Waals surface area contributed by atoms with Crippen molar-refractivity contribution in [2.45, 2.75) is 25.9 Å². The lowest BCUT2D eigenvalue weighted by Gasteiger charge is -2.19. The van der Waals surface area contributed by atoms with Crippen molar-refractivity contribution >= 4 is 12.0 Å². The summed E-state index contributed by atoms with van der Waals surface area (Å²) >= 11 is 0. The molecule has 1 aromatic heterocycles. The molecule has 1 aliphatic heterocycles. The molecule has 150 valence electrons. The molecule has 5 nitrogen and oxygen atoms in total. The Labute approximate surface area is 161 Å².